The van der Waals surface area contributed by atoms with Crippen LogP contribution in [-0.2, 0) is 9.53 Å². The van der Waals surface area contributed by atoms with Crippen molar-refractivity contribution >= 4 is 11.9 Å². The van der Waals surface area contributed by atoms with Crippen LogP contribution in [0.5, 0.6) is 5.88 Å². The van der Waals surface area contributed by atoms with Gasteiger partial charge in [0.05, 0.1) is 18.1 Å². The summed E-state index contributed by atoms with van der Waals surface area (Å²) in [5, 5.41) is 9.68. The molecule has 24 heavy (non-hydrogen) atoms. The summed E-state index contributed by atoms with van der Waals surface area (Å²) in [7, 11) is 0. The van der Waals surface area contributed by atoms with E-state index in [0.717, 1.165) is 0 Å². The molecule has 0 bridgehead atoms. The van der Waals surface area contributed by atoms with Crippen molar-refractivity contribution in [2.24, 2.45) is 11.3 Å². The molecule has 3 rings (SSSR count). The van der Waals surface area contributed by atoms with Crippen molar-refractivity contribution in [3.05, 3.63) is 23.9 Å². The number of carboxylic acid groups (broad SMARTS) is 1. The highest BCUT2D eigenvalue weighted by molar-refractivity contribution is 5.93. The fourth-order valence-electron chi connectivity index (χ4n) is 3.46. The van der Waals surface area contributed by atoms with E-state index in [-0.39, 0.29) is 30.2 Å². The summed E-state index contributed by atoms with van der Waals surface area (Å²) in [5.74, 6) is -0.901. The summed E-state index contributed by atoms with van der Waals surface area (Å²) >= 11 is 0. The lowest BCUT2D eigenvalue weighted by Gasteiger charge is -2.33. The Bertz CT molecular complexity index is 648. The second kappa shape index (κ2) is 6.39. The van der Waals surface area contributed by atoms with Gasteiger partial charge in [-0.25, -0.2) is 4.98 Å². The van der Waals surface area contributed by atoms with E-state index in [9.17, 15) is 14.7 Å². The monoisotopic (exact) mass is 334 g/mol. The molecule has 7 nitrogen and oxygen atoms in total. The Hall–Kier alpha value is -2.15. The number of carbonyl (C=O) groups is 2. The van der Waals surface area contributed by atoms with E-state index in [4.69, 9.17) is 9.47 Å². The number of fused-ring (bicyclic) bond motifs is 1. The quantitative estimate of drug-likeness (QED) is 0.896. The van der Waals surface area contributed by atoms with Crippen LogP contribution in [0.25, 0.3) is 0 Å². The molecular formula is C17H22N2O5. The van der Waals surface area contributed by atoms with E-state index >= 15 is 0 Å². The first-order chi connectivity index (χ1) is 11.4. The number of carbonyl (C=O) groups excluding carboxylic acids is 1. The lowest BCUT2D eigenvalue weighted by atomic mass is 9.74. The van der Waals surface area contributed by atoms with Gasteiger partial charge in [-0.1, -0.05) is 6.07 Å². The first-order valence-corrected chi connectivity index (χ1v) is 8.16. The third-order valence-corrected chi connectivity index (χ3v) is 4.72. The number of pyridine rings is 1. The molecule has 2 saturated heterocycles. The zero-order valence-corrected chi connectivity index (χ0v) is 13.9. The molecule has 0 aliphatic carbocycles. The first-order valence-electron chi connectivity index (χ1n) is 8.16. The maximum atomic E-state index is 12.8. The second-order valence-corrected chi connectivity index (χ2v) is 6.70. The van der Waals surface area contributed by atoms with Gasteiger partial charge < -0.3 is 19.5 Å². The standard InChI is InChI=1S/C17H22N2O5/c1-11(2)24-14-5-3-4-13(18-14)15(20)19-8-12-9-23-7-6-17(12,10-19)16(21)22/h3-5,11-12H,6-10H2,1-2H3,(H,21,22)/t12-,17+/m0/s1. The molecule has 0 aromatic carbocycles. The number of ether oxygens (including phenoxy) is 2. The van der Waals surface area contributed by atoms with Gasteiger partial charge in [-0.15, -0.1) is 0 Å². The summed E-state index contributed by atoms with van der Waals surface area (Å²) in [6.45, 7) is 5.14. The summed E-state index contributed by atoms with van der Waals surface area (Å²) in [4.78, 5) is 30.4. The van der Waals surface area contributed by atoms with Gasteiger partial charge in [0.25, 0.3) is 5.91 Å². The summed E-state index contributed by atoms with van der Waals surface area (Å²) in [6, 6.07) is 5.05. The fraction of sp³-hybridized carbons (Fsp3) is 0.588. The molecule has 7 heteroatoms. The van der Waals surface area contributed by atoms with Gasteiger partial charge in [0.15, 0.2) is 0 Å². The number of amides is 1. The Morgan fingerprint density at radius 1 is 1.46 bits per heavy atom. The lowest BCUT2D eigenvalue weighted by Crippen LogP contribution is -2.45. The molecule has 0 spiro atoms. The average molecular weight is 334 g/mol. The number of rotatable bonds is 4. The van der Waals surface area contributed by atoms with Crippen molar-refractivity contribution in [2.45, 2.75) is 26.4 Å². The minimum atomic E-state index is -0.903. The molecule has 2 fully saturated rings. The number of aromatic nitrogens is 1. The molecule has 3 heterocycles. The van der Waals surface area contributed by atoms with Gasteiger partial charge in [0, 0.05) is 31.7 Å². The largest absolute Gasteiger partial charge is 0.481 e. The highest BCUT2D eigenvalue weighted by atomic mass is 16.5. The zero-order chi connectivity index (χ0) is 17.3. The predicted octanol–water partition coefficient (Wildman–Crippen LogP) is 1.43. The van der Waals surface area contributed by atoms with Crippen LogP contribution in [0.4, 0.5) is 0 Å². The van der Waals surface area contributed by atoms with Gasteiger partial charge in [0.2, 0.25) is 5.88 Å². The van der Waals surface area contributed by atoms with Crippen LogP contribution in [0.2, 0.25) is 0 Å². The van der Waals surface area contributed by atoms with Crippen LogP contribution in [0, 0.1) is 11.3 Å². The van der Waals surface area contributed by atoms with Crippen LogP contribution < -0.4 is 4.74 Å². The van der Waals surface area contributed by atoms with E-state index in [2.05, 4.69) is 4.98 Å². The predicted molar refractivity (Wildman–Crippen MR) is 84.9 cm³/mol. The van der Waals surface area contributed by atoms with Gasteiger partial charge >= 0.3 is 5.97 Å². The average Bonchev–Trinajstić information content (AvgIpc) is 2.94. The molecule has 1 aromatic heterocycles. The van der Waals surface area contributed by atoms with E-state index in [1.807, 2.05) is 13.8 Å². The fourth-order valence-corrected chi connectivity index (χ4v) is 3.46. The number of likely N-dealkylation sites (tertiary alicyclic amines) is 1. The van der Waals surface area contributed by atoms with Crippen molar-refractivity contribution in [3.63, 3.8) is 0 Å². The number of nitrogens with zero attached hydrogens (tertiary/aromatic N) is 2. The molecule has 2 aliphatic rings. The van der Waals surface area contributed by atoms with Crippen molar-refractivity contribution < 1.29 is 24.2 Å². The van der Waals surface area contributed by atoms with Crippen LogP contribution >= 0.6 is 0 Å². The second-order valence-electron chi connectivity index (χ2n) is 6.70. The Labute approximate surface area is 140 Å². The Morgan fingerprint density at radius 3 is 2.92 bits per heavy atom. The van der Waals surface area contributed by atoms with Gasteiger partial charge in [-0.2, -0.15) is 0 Å². The maximum Gasteiger partial charge on any atom is 0.311 e. The molecule has 1 amide bonds. The molecule has 1 aromatic rings. The highest BCUT2D eigenvalue weighted by Crippen LogP contribution is 2.42. The summed E-state index contributed by atoms with van der Waals surface area (Å²) < 4.78 is 10.9. The third kappa shape index (κ3) is 2.96. The minimum Gasteiger partial charge on any atom is -0.481 e. The van der Waals surface area contributed by atoms with Crippen LogP contribution in [0.15, 0.2) is 18.2 Å². The van der Waals surface area contributed by atoms with Gasteiger partial charge in [-0.05, 0) is 26.3 Å². The van der Waals surface area contributed by atoms with Crippen molar-refractivity contribution in [3.8, 4) is 5.88 Å². The van der Waals surface area contributed by atoms with E-state index in [1.165, 1.54) is 0 Å². The molecule has 0 saturated carbocycles. The normalized spacial score (nSPS) is 26.3. The van der Waals surface area contributed by atoms with Crippen molar-refractivity contribution in [2.75, 3.05) is 26.3 Å². The molecule has 130 valence electrons. The van der Waals surface area contributed by atoms with Crippen LogP contribution in [0.1, 0.15) is 30.8 Å². The van der Waals surface area contributed by atoms with Gasteiger partial charge in [0.1, 0.15) is 5.69 Å². The van der Waals surface area contributed by atoms with E-state index in [1.54, 1.807) is 23.1 Å². The maximum absolute atomic E-state index is 12.8. The molecule has 1 N–H and O–H groups in total. The number of hydrogen-bond acceptors (Lipinski definition) is 5. The SMILES string of the molecule is CC(C)Oc1cccc(C(=O)N2C[C@H]3COCC[C@@]3(C(=O)O)C2)n1. The Balaban J connectivity index is 1.80. The zero-order valence-electron chi connectivity index (χ0n) is 13.9. The Kier molecular flexibility index (Phi) is 4.45. The van der Waals surface area contributed by atoms with Crippen molar-refractivity contribution in [1.82, 2.24) is 9.88 Å². The molecule has 2 atom stereocenters. The smallest absolute Gasteiger partial charge is 0.311 e. The number of carboxylic acids is 1. The van der Waals surface area contributed by atoms with Crippen LogP contribution in [-0.4, -0.2) is 59.3 Å². The molecule has 0 radical (unpaired) electrons. The molecular weight excluding hydrogens is 312 g/mol. The summed E-state index contributed by atoms with van der Waals surface area (Å²) in [6.07, 6.45) is 0.394. The van der Waals surface area contributed by atoms with Crippen LogP contribution in [0.3, 0.4) is 0 Å². The highest BCUT2D eigenvalue weighted by Gasteiger charge is 2.55. The van der Waals surface area contributed by atoms with E-state index < -0.39 is 11.4 Å². The summed E-state index contributed by atoms with van der Waals surface area (Å²) in [5.41, 5.74) is -0.631. The van der Waals surface area contributed by atoms with E-state index in [0.29, 0.717) is 32.1 Å². The topological polar surface area (TPSA) is 89.0 Å². The third-order valence-electron chi connectivity index (χ3n) is 4.72. The number of aliphatic carboxylic acids is 1. The first kappa shape index (κ1) is 16.7. The van der Waals surface area contributed by atoms with Gasteiger partial charge in [-0.3, -0.25) is 9.59 Å². The molecule has 2 aliphatic heterocycles. The van der Waals surface area contributed by atoms with Crippen molar-refractivity contribution in [1.29, 1.82) is 0 Å². The minimum absolute atomic E-state index is 0.0371. The molecule has 0 unspecified atom stereocenters. The Morgan fingerprint density at radius 2 is 2.25 bits per heavy atom. The number of hydrogen-bond donors (Lipinski definition) is 1. The lowest BCUT2D eigenvalue weighted by molar-refractivity contribution is -0.157.